The van der Waals surface area contributed by atoms with E-state index in [-0.39, 0.29) is 31.0 Å². The van der Waals surface area contributed by atoms with Gasteiger partial charge in [-0.05, 0) is 0 Å². The molecule has 0 saturated carbocycles. The quantitative estimate of drug-likeness (QED) is 0.0637. The van der Waals surface area contributed by atoms with Gasteiger partial charge in [-0.25, -0.2) is 54.8 Å². The van der Waals surface area contributed by atoms with Crippen molar-refractivity contribution in [2.45, 2.75) is 0 Å². The Labute approximate surface area is 322 Å². The minimum absolute atomic E-state index is 0. The van der Waals surface area contributed by atoms with Crippen LogP contribution in [0.25, 0.3) is 0 Å². The van der Waals surface area contributed by atoms with E-state index >= 15 is 0 Å². The Morgan fingerprint density at radius 2 is 0.218 bits per heavy atom. The van der Waals surface area contributed by atoms with Crippen molar-refractivity contribution in [1.29, 1.82) is 0 Å². The van der Waals surface area contributed by atoms with Crippen molar-refractivity contribution >= 4 is 93.9 Å². The fourth-order valence-corrected chi connectivity index (χ4v) is 7.48. The first kappa shape index (κ1) is 72.0. The standard InChI is InChI=1S/Na.6H4O7P2.H/c;6*1-8(2,3)7-9(4,5)6;/h;6*(H2,1,2,3)(H2,4,5,6);/q+1;;;;;;;-1. The van der Waals surface area contributed by atoms with Gasteiger partial charge in [-0.3, -0.25) is 0 Å². The van der Waals surface area contributed by atoms with E-state index in [9.17, 15) is 54.8 Å². The normalized spacial score (nSPS) is 13.5. The van der Waals surface area contributed by atoms with Gasteiger partial charge in [-0.1, -0.05) is 0 Å². The third-order valence-electron chi connectivity index (χ3n) is 1.28. The Hall–Kier alpha value is 2.56. The summed E-state index contributed by atoms with van der Waals surface area (Å²) in [6.07, 6.45) is 0. The van der Waals surface area contributed by atoms with Gasteiger partial charge in [0.1, 0.15) is 0 Å². The number of hydrogen-bond donors (Lipinski definition) is 24. The molecule has 0 bridgehead atoms. The first-order valence-electron chi connectivity index (χ1n) is 9.18. The zero-order chi connectivity index (χ0) is 46.2. The summed E-state index contributed by atoms with van der Waals surface area (Å²) < 4.78 is 133. The molecule has 0 fully saturated rings. The van der Waals surface area contributed by atoms with Crippen molar-refractivity contribution < 1.29 is 229 Å². The molecule has 24 N–H and O–H groups in total. The first-order valence-corrected chi connectivity index (χ1v) is 27.5. The van der Waals surface area contributed by atoms with E-state index in [1.54, 1.807) is 0 Å². The average molecular weight is 1090 g/mol. The maximum atomic E-state index is 9.63. The Balaban J connectivity index is -0.0000000817. The van der Waals surface area contributed by atoms with Gasteiger partial charge in [-0.2, -0.15) is 25.9 Å². The third kappa shape index (κ3) is 113. The van der Waals surface area contributed by atoms with Crippen LogP contribution in [-0.4, -0.2) is 117 Å². The molecule has 0 saturated heterocycles. The van der Waals surface area contributed by atoms with Gasteiger partial charge < -0.3 is 119 Å². The van der Waals surface area contributed by atoms with E-state index in [0.29, 0.717) is 0 Å². The molecule has 0 aliphatic carbocycles. The van der Waals surface area contributed by atoms with E-state index in [4.69, 9.17) is 117 Å². The maximum absolute atomic E-state index is 9.63. The van der Waals surface area contributed by atoms with Gasteiger partial charge in [0.25, 0.3) is 0 Å². The average Bonchev–Trinajstić information content (AvgIpc) is 2.50. The Kier molecular flexibility index (Phi) is 35.2. The summed E-state index contributed by atoms with van der Waals surface area (Å²) in [6.45, 7) is 0. The molecule has 0 unspecified atom stereocenters. The molecule has 0 radical (unpaired) electrons. The SMILES string of the molecule is O=P(O)(O)OP(=O)(O)O.O=P(O)(O)OP(=O)(O)O.O=P(O)(O)OP(=O)(O)O.O=P(O)(O)OP(=O)(O)O.O=P(O)(O)OP(=O)(O)O.O=P(O)(O)OP(=O)(O)O.[H-].[Na+]. The summed E-state index contributed by atoms with van der Waals surface area (Å²) in [5.41, 5.74) is 0. The molecule has 0 atom stereocenters. The smallest absolute Gasteiger partial charge is 1.00 e. The Morgan fingerprint density at radius 3 is 0.218 bits per heavy atom. The molecule has 0 aromatic carbocycles. The van der Waals surface area contributed by atoms with E-state index in [1.165, 1.54) is 0 Å². The summed E-state index contributed by atoms with van der Waals surface area (Å²) in [6, 6.07) is 0. The molecule has 55 heteroatoms. The van der Waals surface area contributed by atoms with Crippen LogP contribution in [0.5, 0.6) is 0 Å². The molecular formula is H25NaO42P12. The molecule has 338 valence electrons. The van der Waals surface area contributed by atoms with Crippen molar-refractivity contribution in [2.24, 2.45) is 0 Å². The number of rotatable bonds is 12. The van der Waals surface area contributed by atoms with E-state index in [1.807, 2.05) is 0 Å². The summed E-state index contributed by atoms with van der Waals surface area (Å²) in [7, 11) is -60.6. The second-order valence-electron chi connectivity index (χ2n) is 6.38. The summed E-state index contributed by atoms with van der Waals surface area (Å²) in [5, 5.41) is 0. The zero-order valence-corrected chi connectivity index (χ0v) is 37.2. The van der Waals surface area contributed by atoms with Gasteiger partial charge in [0.15, 0.2) is 0 Å². The Bertz CT molecular complexity index is 1220. The fraction of sp³-hybridized carbons (Fsp3) is 0. The van der Waals surface area contributed by atoms with Gasteiger partial charge in [0.05, 0.1) is 0 Å². The van der Waals surface area contributed by atoms with Crippen LogP contribution in [0.3, 0.4) is 0 Å². The van der Waals surface area contributed by atoms with Gasteiger partial charge in [-0.15, -0.1) is 0 Å². The maximum Gasteiger partial charge on any atom is 1.00 e. The van der Waals surface area contributed by atoms with E-state index in [0.717, 1.165) is 0 Å². The molecule has 0 aliphatic rings. The van der Waals surface area contributed by atoms with Crippen LogP contribution in [-0.2, 0) is 80.6 Å². The topological polar surface area (TPSA) is 746 Å². The Morgan fingerprint density at radius 1 is 0.182 bits per heavy atom. The van der Waals surface area contributed by atoms with Crippen molar-refractivity contribution in [3.63, 3.8) is 0 Å². The van der Waals surface area contributed by atoms with Gasteiger partial charge >= 0.3 is 123 Å². The third-order valence-corrected chi connectivity index (χ3v) is 11.5. The minimum Gasteiger partial charge on any atom is -1.00 e. The van der Waals surface area contributed by atoms with Crippen molar-refractivity contribution in [3.8, 4) is 0 Å². The molecule has 0 amide bonds. The molecule has 42 nitrogen and oxygen atoms in total. The monoisotopic (exact) mass is 1090 g/mol. The molecule has 55 heavy (non-hydrogen) atoms. The van der Waals surface area contributed by atoms with Crippen LogP contribution in [0.15, 0.2) is 0 Å². The molecule has 0 aliphatic heterocycles. The van der Waals surface area contributed by atoms with Gasteiger partial charge in [0.2, 0.25) is 0 Å². The fourth-order valence-electron chi connectivity index (χ4n) is 0.831. The molecule has 0 spiro atoms. The summed E-state index contributed by atoms with van der Waals surface area (Å²) >= 11 is 0. The van der Waals surface area contributed by atoms with E-state index < -0.39 is 93.9 Å². The summed E-state index contributed by atoms with van der Waals surface area (Å²) in [4.78, 5) is 186. The minimum atomic E-state index is -5.05. The number of hydrogen-bond acceptors (Lipinski definition) is 18. The molecule has 0 heterocycles. The van der Waals surface area contributed by atoms with Crippen LogP contribution in [0, 0.1) is 0 Å². The van der Waals surface area contributed by atoms with Crippen LogP contribution in [0.4, 0.5) is 0 Å². The summed E-state index contributed by atoms with van der Waals surface area (Å²) in [5.74, 6) is 0. The first-order chi connectivity index (χ1) is 22.2. The molecule has 0 rings (SSSR count). The van der Waals surface area contributed by atoms with Crippen LogP contribution in [0.1, 0.15) is 1.43 Å². The predicted molar refractivity (Wildman–Crippen MR) is 152 cm³/mol. The second kappa shape index (κ2) is 26.9. The van der Waals surface area contributed by atoms with Crippen LogP contribution < -0.4 is 29.6 Å². The molecular weight excluding hydrogens is 1070 g/mol. The second-order valence-corrected chi connectivity index (χ2v) is 22.1. The number of phosphoric acid groups is 12. The zero-order valence-electron chi connectivity index (χ0n) is 25.4. The van der Waals surface area contributed by atoms with Crippen LogP contribution >= 0.6 is 93.9 Å². The van der Waals surface area contributed by atoms with Crippen molar-refractivity contribution in [2.75, 3.05) is 0 Å². The largest absolute Gasteiger partial charge is 1.00 e. The van der Waals surface area contributed by atoms with Crippen LogP contribution in [0.2, 0.25) is 0 Å². The predicted octanol–water partition coefficient (Wildman–Crippen LogP) is -7.75. The molecule has 0 aromatic heterocycles. The molecule has 0 aromatic rings. The van der Waals surface area contributed by atoms with Crippen molar-refractivity contribution in [1.82, 2.24) is 0 Å². The van der Waals surface area contributed by atoms with Crippen molar-refractivity contribution in [3.05, 3.63) is 0 Å². The van der Waals surface area contributed by atoms with E-state index in [2.05, 4.69) is 25.9 Å². The van der Waals surface area contributed by atoms with Gasteiger partial charge in [0, 0.05) is 0 Å².